The van der Waals surface area contributed by atoms with Crippen molar-refractivity contribution in [3.8, 4) is 0 Å². The van der Waals surface area contributed by atoms with E-state index in [0.29, 0.717) is 0 Å². The second-order valence-electron chi connectivity index (χ2n) is 3.60. The van der Waals surface area contributed by atoms with Gasteiger partial charge in [-0.3, -0.25) is 0 Å². The highest BCUT2D eigenvalue weighted by atomic mass is 15.0. The van der Waals surface area contributed by atoms with E-state index in [2.05, 4.69) is 47.0 Å². The standard InChI is InChI=1S/C12H12N2/c1-2-4-10-8-12-11(7-9(10)3-1)13-5-6-14-12/h1-4,7-8,13-14H,5-6H2. The van der Waals surface area contributed by atoms with Gasteiger partial charge in [-0.25, -0.2) is 0 Å². The lowest BCUT2D eigenvalue weighted by Crippen LogP contribution is -2.20. The lowest BCUT2D eigenvalue weighted by molar-refractivity contribution is 1.05. The van der Waals surface area contributed by atoms with E-state index in [9.17, 15) is 0 Å². The SMILES string of the molecule is c1ccc2cc3c(cc2c1)NCCN3. The summed E-state index contributed by atoms with van der Waals surface area (Å²) < 4.78 is 0. The van der Waals surface area contributed by atoms with Crippen molar-refractivity contribution in [3.63, 3.8) is 0 Å². The van der Waals surface area contributed by atoms with Crippen LogP contribution < -0.4 is 10.6 Å². The zero-order valence-corrected chi connectivity index (χ0v) is 7.88. The highest BCUT2D eigenvalue weighted by Crippen LogP contribution is 2.29. The zero-order chi connectivity index (χ0) is 9.38. The van der Waals surface area contributed by atoms with Crippen LogP contribution in [0, 0.1) is 0 Å². The smallest absolute Gasteiger partial charge is 0.0583 e. The van der Waals surface area contributed by atoms with Crippen LogP contribution in [0.5, 0.6) is 0 Å². The molecule has 0 amide bonds. The van der Waals surface area contributed by atoms with E-state index in [0.717, 1.165) is 13.1 Å². The Balaban J connectivity index is 2.27. The molecule has 0 saturated heterocycles. The molecule has 0 aliphatic carbocycles. The Morgan fingerprint density at radius 2 is 1.29 bits per heavy atom. The van der Waals surface area contributed by atoms with E-state index in [1.165, 1.54) is 22.1 Å². The van der Waals surface area contributed by atoms with E-state index >= 15 is 0 Å². The first-order chi connectivity index (χ1) is 6.93. The largest absolute Gasteiger partial charge is 0.382 e. The first-order valence-corrected chi connectivity index (χ1v) is 4.94. The Hall–Kier alpha value is -1.70. The molecular formula is C12H12N2. The maximum Gasteiger partial charge on any atom is 0.0583 e. The molecule has 2 nitrogen and oxygen atoms in total. The van der Waals surface area contributed by atoms with Gasteiger partial charge in [0.05, 0.1) is 11.4 Å². The minimum atomic E-state index is 1.01. The molecule has 0 atom stereocenters. The summed E-state index contributed by atoms with van der Waals surface area (Å²) >= 11 is 0. The molecule has 0 unspecified atom stereocenters. The van der Waals surface area contributed by atoms with Gasteiger partial charge in [0.15, 0.2) is 0 Å². The summed E-state index contributed by atoms with van der Waals surface area (Å²) in [5.74, 6) is 0. The van der Waals surface area contributed by atoms with Crippen molar-refractivity contribution in [2.45, 2.75) is 0 Å². The second-order valence-corrected chi connectivity index (χ2v) is 3.60. The number of benzene rings is 2. The quantitative estimate of drug-likeness (QED) is 0.657. The van der Waals surface area contributed by atoms with Gasteiger partial charge in [-0.1, -0.05) is 24.3 Å². The van der Waals surface area contributed by atoms with Gasteiger partial charge in [-0.15, -0.1) is 0 Å². The van der Waals surface area contributed by atoms with Gasteiger partial charge < -0.3 is 10.6 Å². The molecule has 0 spiro atoms. The molecule has 0 radical (unpaired) electrons. The molecule has 3 rings (SSSR count). The minimum absolute atomic E-state index is 1.01. The van der Waals surface area contributed by atoms with Crippen LogP contribution in [0.2, 0.25) is 0 Å². The summed E-state index contributed by atoms with van der Waals surface area (Å²) in [6.45, 7) is 2.01. The van der Waals surface area contributed by atoms with E-state index in [-0.39, 0.29) is 0 Å². The molecule has 2 aromatic carbocycles. The van der Waals surface area contributed by atoms with Crippen molar-refractivity contribution in [1.29, 1.82) is 0 Å². The predicted octanol–water partition coefficient (Wildman–Crippen LogP) is 2.68. The Morgan fingerprint density at radius 3 is 1.79 bits per heavy atom. The van der Waals surface area contributed by atoms with Crippen LogP contribution in [0.15, 0.2) is 36.4 Å². The molecule has 1 aliphatic rings. The highest BCUT2D eigenvalue weighted by Gasteiger charge is 2.07. The Labute approximate surface area is 82.9 Å². The molecule has 0 saturated carbocycles. The summed E-state index contributed by atoms with van der Waals surface area (Å²) in [5, 5.41) is 9.37. The number of hydrogen-bond acceptors (Lipinski definition) is 2. The molecule has 0 fully saturated rings. The average molecular weight is 184 g/mol. The third kappa shape index (κ3) is 1.11. The van der Waals surface area contributed by atoms with Crippen molar-refractivity contribution in [2.24, 2.45) is 0 Å². The van der Waals surface area contributed by atoms with Crippen molar-refractivity contribution >= 4 is 22.1 Å². The Morgan fingerprint density at radius 1 is 0.786 bits per heavy atom. The van der Waals surface area contributed by atoms with Gasteiger partial charge in [-0.05, 0) is 22.9 Å². The Kier molecular flexibility index (Phi) is 1.60. The third-order valence-electron chi connectivity index (χ3n) is 2.64. The Bertz CT molecular complexity index is 432. The molecule has 2 N–H and O–H groups in total. The molecule has 2 aromatic rings. The van der Waals surface area contributed by atoms with Crippen LogP contribution in [0.3, 0.4) is 0 Å². The monoisotopic (exact) mass is 184 g/mol. The number of hydrogen-bond donors (Lipinski definition) is 2. The van der Waals surface area contributed by atoms with E-state index in [4.69, 9.17) is 0 Å². The lowest BCUT2D eigenvalue weighted by Gasteiger charge is -2.20. The molecule has 70 valence electrons. The summed E-state index contributed by atoms with van der Waals surface area (Å²) in [4.78, 5) is 0. The second kappa shape index (κ2) is 2.91. The van der Waals surface area contributed by atoms with Gasteiger partial charge in [0, 0.05) is 13.1 Å². The van der Waals surface area contributed by atoms with Crippen LogP contribution in [-0.2, 0) is 0 Å². The van der Waals surface area contributed by atoms with Gasteiger partial charge in [0.1, 0.15) is 0 Å². The van der Waals surface area contributed by atoms with Crippen LogP contribution >= 0.6 is 0 Å². The number of anilines is 2. The van der Waals surface area contributed by atoms with Gasteiger partial charge >= 0.3 is 0 Å². The fourth-order valence-electron chi connectivity index (χ4n) is 1.93. The molecule has 2 heteroatoms. The van der Waals surface area contributed by atoms with Gasteiger partial charge in [0.2, 0.25) is 0 Å². The van der Waals surface area contributed by atoms with Gasteiger partial charge in [0.25, 0.3) is 0 Å². The van der Waals surface area contributed by atoms with Crippen molar-refractivity contribution in [3.05, 3.63) is 36.4 Å². The summed E-state index contributed by atoms with van der Waals surface area (Å²) in [5.41, 5.74) is 2.44. The molecule has 0 bridgehead atoms. The van der Waals surface area contributed by atoms with Crippen LogP contribution in [0.4, 0.5) is 11.4 Å². The van der Waals surface area contributed by atoms with E-state index in [1.807, 2.05) is 0 Å². The summed E-state index contributed by atoms with van der Waals surface area (Å²) in [7, 11) is 0. The first kappa shape index (κ1) is 7.68. The average Bonchev–Trinajstić information content (AvgIpc) is 2.26. The van der Waals surface area contributed by atoms with Crippen LogP contribution in [0.1, 0.15) is 0 Å². The maximum absolute atomic E-state index is 3.39. The summed E-state index contributed by atoms with van der Waals surface area (Å²) in [6, 6.07) is 12.8. The zero-order valence-electron chi connectivity index (χ0n) is 7.88. The van der Waals surface area contributed by atoms with Crippen molar-refractivity contribution in [1.82, 2.24) is 0 Å². The van der Waals surface area contributed by atoms with E-state index < -0.39 is 0 Å². The van der Waals surface area contributed by atoms with Crippen molar-refractivity contribution < 1.29 is 0 Å². The number of nitrogens with one attached hydrogen (secondary N) is 2. The molecule has 0 aromatic heterocycles. The number of fused-ring (bicyclic) bond motifs is 2. The third-order valence-corrected chi connectivity index (χ3v) is 2.64. The molecule has 14 heavy (non-hydrogen) atoms. The maximum atomic E-state index is 3.39. The van der Waals surface area contributed by atoms with E-state index in [1.54, 1.807) is 0 Å². The topological polar surface area (TPSA) is 24.1 Å². The van der Waals surface area contributed by atoms with Crippen LogP contribution in [0.25, 0.3) is 10.8 Å². The predicted molar refractivity (Wildman–Crippen MR) is 60.9 cm³/mol. The number of rotatable bonds is 0. The lowest BCUT2D eigenvalue weighted by atomic mass is 10.1. The molecular weight excluding hydrogens is 172 g/mol. The van der Waals surface area contributed by atoms with Gasteiger partial charge in [-0.2, -0.15) is 0 Å². The molecule has 1 heterocycles. The van der Waals surface area contributed by atoms with Crippen LogP contribution in [-0.4, -0.2) is 13.1 Å². The highest BCUT2D eigenvalue weighted by molar-refractivity contribution is 5.92. The minimum Gasteiger partial charge on any atom is -0.382 e. The molecule has 1 aliphatic heterocycles. The fourth-order valence-corrected chi connectivity index (χ4v) is 1.93. The summed E-state index contributed by atoms with van der Waals surface area (Å²) in [6.07, 6.45) is 0. The fraction of sp³-hybridized carbons (Fsp3) is 0.167. The van der Waals surface area contributed by atoms with Crippen molar-refractivity contribution in [2.75, 3.05) is 23.7 Å². The normalized spacial score (nSPS) is 14.3. The first-order valence-electron chi connectivity index (χ1n) is 4.94.